The summed E-state index contributed by atoms with van der Waals surface area (Å²) in [6.07, 6.45) is 3.15. The van der Waals surface area contributed by atoms with Crippen molar-refractivity contribution in [3.05, 3.63) is 131 Å². The maximum Gasteiger partial charge on any atom is 0.336 e. The SMILES string of the molecule is Nc1ccccc1N(N)c1c(-c2ccc(Cl)c(Cl)c2)n(Cc2csc(Cl)c2)c(=O)n(-c2cncc3ccccc23)c1=O. The summed E-state index contributed by atoms with van der Waals surface area (Å²) in [5, 5.41) is 5.01. The van der Waals surface area contributed by atoms with E-state index in [0.29, 0.717) is 37.4 Å². The normalized spacial score (nSPS) is 11.2. The molecule has 42 heavy (non-hydrogen) atoms. The largest absolute Gasteiger partial charge is 0.397 e. The molecule has 3 aromatic heterocycles. The molecule has 0 aliphatic carbocycles. The van der Waals surface area contributed by atoms with Crippen molar-refractivity contribution in [1.29, 1.82) is 0 Å². The Bertz CT molecular complexity index is 2100. The molecule has 12 heteroatoms. The Hall–Kier alpha value is -4.12. The molecule has 0 aliphatic rings. The summed E-state index contributed by atoms with van der Waals surface area (Å²) >= 11 is 20.3. The van der Waals surface area contributed by atoms with Crippen LogP contribution in [-0.2, 0) is 6.54 Å². The van der Waals surface area contributed by atoms with E-state index in [9.17, 15) is 9.59 Å². The van der Waals surface area contributed by atoms with E-state index in [2.05, 4.69) is 4.98 Å². The van der Waals surface area contributed by atoms with Crippen molar-refractivity contribution in [2.24, 2.45) is 5.84 Å². The van der Waals surface area contributed by atoms with Crippen LogP contribution in [0.4, 0.5) is 17.1 Å². The fourth-order valence-corrected chi connectivity index (χ4v) is 6.07. The van der Waals surface area contributed by atoms with Crippen LogP contribution >= 0.6 is 46.1 Å². The summed E-state index contributed by atoms with van der Waals surface area (Å²) in [7, 11) is 0. The third kappa shape index (κ3) is 4.95. The zero-order chi connectivity index (χ0) is 29.5. The topological polar surface area (TPSA) is 112 Å². The number of pyridine rings is 1. The number of halogens is 3. The lowest BCUT2D eigenvalue weighted by atomic mass is 10.1. The van der Waals surface area contributed by atoms with Crippen LogP contribution in [0.3, 0.4) is 0 Å². The molecule has 0 radical (unpaired) electrons. The van der Waals surface area contributed by atoms with Crippen molar-refractivity contribution in [3.63, 3.8) is 0 Å². The van der Waals surface area contributed by atoms with Crippen molar-refractivity contribution in [1.82, 2.24) is 14.1 Å². The fraction of sp³-hybridized carbons (Fsp3) is 0.0333. The van der Waals surface area contributed by atoms with Gasteiger partial charge in [0.2, 0.25) is 0 Å². The molecular formula is C30H21Cl3N6O2S. The van der Waals surface area contributed by atoms with Gasteiger partial charge < -0.3 is 5.73 Å². The standard InChI is InChI=1S/C30H21Cl3N6O2S/c31-21-10-9-18(12-22(21)32)27-28(39(35)24-8-4-3-7-23(24)34)29(40)38(25-14-36-13-19-5-1-2-6-20(19)25)30(41)37(27)15-17-11-26(33)42-16-17/h1-14,16H,15,34-35H2. The Kier molecular flexibility index (Phi) is 7.53. The summed E-state index contributed by atoms with van der Waals surface area (Å²) in [5.74, 6) is 6.73. The second kappa shape index (κ2) is 11.3. The van der Waals surface area contributed by atoms with Crippen LogP contribution in [0.25, 0.3) is 27.7 Å². The van der Waals surface area contributed by atoms with Crippen LogP contribution in [0.1, 0.15) is 5.56 Å². The highest BCUT2D eigenvalue weighted by atomic mass is 35.5. The lowest BCUT2D eigenvalue weighted by Crippen LogP contribution is -2.44. The number of aromatic nitrogens is 3. The molecule has 210 valence electrons. The Morgan fingerprint density at radius 2 is 1.67 bits per heavy atom. The van der Waals surface area contributed by atoms with Crippen LogP contribution in [0, 0.1) is 0 Å². The molecule has 0 spiro atoms. The van der Waals surface area contributed by atoms with E-state index < -0.39 is 11.2 Å². The molecule has 0 unspecified atom stereocenters. The van der Waals surface area contributed by atoms with Gasteiger partial charge in [-0.05, 0) is 41.3 Å². The van der Waals surface area contributed by atoms with Crippen LogP contribution in [0.15, 0.2) is 100 Å². The minimum absolute atomic E-state index is 0.0138. The van der Waals surface area contributed by atoms with Crippen LogP contribution < -0.4 is 27.8 Å². The number of nitrogen functional groups attached to an aromatic ring is 1. The van der Waals surface area contributed by atoms with Gasteiger partial charge in [-0.25, -0.2) is 15.2 Å². The molecule has 0 saturated carbocycles. The molecule has 3 aromatic carbocycles. The quantitative estimate of drug-likeness (QED) is 0.117. The van der Waals surface area contributed by atoms with Gasteiger partial charge in [0, 0.05) is 22.5 Å². The molecule has 0 saturated heterocycles. The summed E-state index contributed by atoms with van der Waals surface area (Å²) in [6, 6.07) is 20.8. The monoisotopic (exact) mass is 634 g/mol. The summed E-state index contributed by atoms with van der Waals surface area (Å²) in [6.45, 7) is 0.0707. The predicted molar refractivity (Wildman–Crippen MR) is 173 cm³/mol. The molecule has 0 bridgehead atoms. The van der Waals surface area contributed by atoms with Crippen molar-refractivity contribution < 1.29 is 0 Å². The lowest BCUT2D eigenvalue weighted by Gasteiger charge is -2.26. The van der Waals surface area contributed by atoms with Gasteiger partial charge in [-0.2, -0.15) is 0 Å². The van der Waals surface area contributed by atoms with Crippen LogP contribution in [-0.4, -0.2) is 14.1 Å². The minimum atomic E-state index is -0.676. The third-order valence-electron chi connectivity index (χ3n) is 6.80. The van der Waals surface area contributed by atoms with Gasteiger partial charge >= 0.3 is 5.69 Å². The van der Waals surface area contributed by atoms with E-state index in [1.807, 2.05) is 29.6 Å². The molecule has 4 N–H and O–H groups in total. The zero-order valence-corrected chi connectivity index (χ0v) is 24.8. The van der Waals surface area contributed by atoms with Gasteiger partial charge in [0.25, 0.3) is 5.56 Å². The summed E-state index contributed by atoms with van der Waals surface area (Å²) in [5.41, 5.74) is 7.42. The lowest BCUT2D eigenvalue weighted by molar-refractivity contribution is 0.689. The predicted octanol–water partition coefficient (Wildman–Crippen LogP) is 6.88. The number of anilines is 3. The average Bonchev–Trinajstić information content (AvgIpc) is 3.40. The maximum atomic E-state index is 14.6. The third-order valence-corrected chi connectivity index (χ3v) is 8.68. The molecule has 0 atom stereocenters. The zero-order valence-electron chi connectivity index (χ0n) is 21.7. The molecule has 0 aliphatic heterocycles. The first-order valence-corrected chi connectivity index (χ1v) is 14.6. The first-order chi connectivity index (χ1) is 20.2. The molecule has 0 amide bonds. The van der Waals surface area contributed by atoms with Crippen LogP contribution in [0.2, 0.25) is 14.4 Å². The van der Waals surface area contributed by atoms with Crippen molar-refractivity contribution in [3.8, 4) is 16.9 Å². The second-order valence-electron chi connectivity index (χ2n) is 9.40. The van der Waals surface area contributed by atoms with Crippen molar-refractivity contribution >= 4 is 74.0 Å². The molecular weight excluding hydrogens is 615 g/mol. The maximum absolute atomic E-state index is 14.6. The molecule has 0 fully saturated rings. The molecule has 6 rings (SSSR count). The number of rotatable bonds is 6. The van der Waals surface area contributed by atoms with Gasteiger partial charge in [-0.15, -0.1) is 11.3 Å². The second-order valence-corrected chi connectivity index (χ2v) is 11.8. The highest BCUT2D eigenvalue weighted by Crippen LogP contribution is 2.36. The summed E-state index contributed by atoms with van der Waals surface area (Å²) in [4.78, 5) is 33.4. The van der Waals surface area contributed by atoms with Gasteiger partial charge in [0.1, 0.15) is 5.69 Å². The van der Waals surface area contributed by atoms with Crippen LogP contribution in [0.5, 0.6) is 0 Å². The van der Waals surface area contributed by atoms with Gasteiger partial charge in [0.15, 0.2) is 0 Å². The number of benzene rings is 3. The smallest absolute Gasteiger partial charge is 0.336 e. The molecule has 8 nitrogen and oxygen atoms in total. The Labute approximate surface area is 258 Å². The van der Waals surface area contributed by atoms with Gasteiger partial charge in [-0.3, -0.25) is 19.4 Å². The number of fused-ring (bicyclic) bond motifs is 1. The van der Waals surface area contributed by atoms with E-state index in [0.717, 1.165) is 15.5 Å². The minimum Gasteiger partial charge on any atom is -0.397 e. The van der Waals surface area contributed by atoms with Gasteiger partial charge in [-0.1, -0.05) is 77.3 Å². The number of nitrogens with zero attached hydrogens (tertiary/aromatic N) is 4. The Balaban J connectivity index is 1.78. The summed E-state index contributed by atoms with van der Waals surface area (Å²) < 4.78 is 3.10. The van der Waals surface area contributed by atoms with Gasteiger partial charge in [0.05, 0.1) is 49.9 Å². The van der Waals surface area contributed by atoms with Crippen molar-refractivity contribution in [2.75, 3.05) is 10.7 Å². The van der Waals surface area contributed by atoms with E-state index >= 15 is 0 Å². The number of hydrogen-bond acceptors (Lipinski definition) is 7. The Morgan fingerprint density at radius 1 is 0.905 bits per heavy atom. The fourth-order valence-electron chi connectivity index (χ4n) is 4.87. The average molecular weight is 636 g/mol. The first kappa shape index (κ1) is 28.0. The highest BCUT2D eigenvalue weighted by molar-refractivity contribution is 7.14. The molecule has 6 aromatic rings. The number of hydrazine groups is 1. The van der Waals surface area contributed by atoms with E-state index in [1.54, 1.807) is 54.7 Å². The number of hydrogen-bond donors (Lipinski definition) is 2. The van der Waals surface area contributed by atoms with Crippen molar-refractivity contribution in [2.45, 2.75) is 6.54 Å². The number of nitrogens with two attached hydrogens (primary N) is 2. The van der Waals surface area contributed by atoms with E-state index in [1.165, 1.54) is 27.1 Å². The molecule has 3 heterocycles. The van der Waals surface area contributed by atoms with E-state index in [-0.39, 0.29) is 22.9 Å². The Morgan fingerprint density at radius 3 is 2.40 bits per heavy atom. The van der Waals surface area contributed by atoms with E-state index in [4.69, 9.17) is 46.4 Å². The highest BCUT2D eigenvalue weighted by Gasteiger charge is 2.27. The number of para-hydroxylation sites is 2. The first-order valence-electron chi connectivity index (χ1n) is 12.5. The number of thiophene rings is 1.